The zero-order chi connectivity index (χ0) is 14.6. The first-order valence-corrected chi connectivity index (χ1v) is 9.41. The van der Waals surface area contributed by atoms with Crippen molar-refractivity contribution in [3.63, 3.8) is 0 Å². The minimum Gasteiger partial charge on any atom is -0.353 e. The molecule has 0 aromatic carbocycles. The molecule has 1 saturated heterocycles. The highest BCUT2D eigenvalue weighted by atomic mass is 127. The van der Waals surface area contributed by atoms with Crippen molar-refractivity contribution in [2.75, 3.05) is 18.6 Å². The van der Waals surface area contributed by atoms with E-state index < -0.39 is 9.84 Å². The molecular formula is C13H22IN3O2S2. The minimum absolute atomic E-state index is 0. The van der Waals surface area contributed by atoms with Crippen LogP contribution >= 0.6 is 35.3 Å². The molecule has 1 unspecified atom stereocenters. The monoisotopic (exact) mass is 443 g/mol. The Labute approximate surface area is 147 Å². The van der Waals surface area contributed by atoms with Gasteiger partial charge >= 0.3 is 0 Å². The van der Waals surface area contributed by atoms with Gasteiger partial charge in [-0.15, -0.1) is 35.3 Å². The van der Waals surface area contributed by atoms with Gasteiger partial charge in [0.1, 0.15) is 0 Å². The predicted octanol–water partition coefficient (Wildman–Crippen LogP) is 1.78. The smallest absolute Gasteiger partial charge is 0.191 e. The summed E-state index contributed by atoms with van der Waals surface area (Å²) in [5.41, 5.74) is 0. The normalized spacial score (nSPS) is 20.9. The third-order valence-electron chi connectivity index (χ3n) is 3.29. The largest absolute Gasteiger partial charge is 0.353 e. The summed E-state index contributed by atoms with van der Waals surface area (Å²) in [4.78, 5) is 6.77. The first-order valence-electron chi connectivity index (χ1n) is 6.77. The van der Waals surface area contributed by atoms with Crippen LogP contribution in [0.1, 0.15) is 23.1 Å². The molecule has 1 aliphatic rings. The predicted molar refractivity (Wildman–Crippen MR) is 99.5 cm³/mol. The van der Waals surface area contributed by atoms with Crippen molar-refractivity contribution in [1.29, 1.82) is 0 Å². The number of rotatable bonds is 4. The molecule has 0 amide bonds. The second kappa shape index (κ2) is 8.33. The van der Waals surface area contributed by atoms with Gasteiger partial charge in [-0.1, -0.05) is 6.92 Å². The van der Waals surface area contributed by atoms with Gasteiger partial charge in [-0.3, -0.25) is 4.99 Å². The Hall–Kier alpha value is -0.350. The summed E-state index contributed by atoms with van der Waals surface area (Å²) in [5.74, 6) is 1.14. The second-order valence-electron chi connectivity index (χ2n) is 4.89. The Balaban J connectivity index is 0.00000220. The van der Waals surface area contributed by atoms with Crippen LogP contribution in [0.3, 0.4) is 0 Å². The van der Waals surface area contributed by atoms with E-state index in [2.05, 4.69) is 34.7 Å². The van der Waals surface area contributed by atoms with E-state index >= 15 is 0 Å². The molecule has 2 heterocycles. The zero-order valence-electron chi connectivity index (χ0n) is 12.3. The summed E-state index contributed by atoms with van der Waals surface area (Å²) in [6, 6.07) is 4.23. The minimum atomic E-state index is -2.86. The maximum absolute atomic E-state index is 11.4. The van der Waals surface area contributed by atoms with Crippen LogP contribution in [-0.4, -0.2) is 39.0 Å². The van der Waals surface area contributed by atoms with Crippen LogP contribution in [0.5, 0.6) is 0 Å². The van der Waals surface area contributed by atoms with E-state index in [0.717, 1.165) is 6.42 Å². The highest BCUT2D eigenvalue weighted by Crippen LogP contribution is 2.16. The van der Waals surface area contributed by atoms with Crippen molar-refractivity contribution < 1.29 is 8.42 Å². The van der Waals surface area contributed by atoms with Crippen LogP contribution in [0.25, 0.3) is 0 Å². The number of halogens is 1. The number of hydrogen-bond donors (Lipinski definition) is 2. The molecule has 1 aromatic heterocycles. The maximum atomic E-state index is 11.4. The van der Waals surface area contributed by atoms with Gasteiger partial charge in [-0.2, -0.15) is 0 Å². The van der Waals surface area contributed by atoms with E-state index in [1.165, 1.54) is 9.75 Å². The molecule has 0 radical (unpaired) electrons. The van der Waals surface area contributed by atoms with Crippen LogP contribution in [0.4, 0.5) is 0 Å². The number of nitrogens with one attached hydrogen (secondary N) is 2. The van der Waals surface area contributed by atoms with Crippen LogP contribution in [-0.2, 0) is 22.8 Å². The standard InChI is InChI=1S/C13H21N3O2S2.HI/c1-3-11-4-5-12(19-11)8-15-13(14-2)16-10-6-7-20(17,18)9-10;/h4-5,10H,3,6-9H2,1-2H3,(H2,14,15,16);1H. The number of hydrogen-bond acceptors (Lipinski definition) is 4. The number of aliphatic imine (C=N–C) groups is 1. The summed E-state index contributed by atoms with van der Waals surface area (Å²) >= 11 is 1.79. The lowest BCUT2D eigenvalue weighted by Crippen LogP contribution is -2.43. The average molecular weight is 443 g/mol. The first kappa shape index (κ1) is 18.7. The average Bonchev–Trinajstić information content (AvgIpc) is 3.00. The van der Waals surface area contributed by atoms with Gasteiger partial charge in [0.2, 0.25) is 0 Å². The molecule has 0 saturated carbocycles. The van der Waals surface area contributed by atoms with Gasteiger partial charge in [-0.05, 0) is 25.0 Å². The molecular weight excluding hydrogens is 421 g/mol. The second-order valence-corrected chi connectivity index (χ2v) is 8.37. The number of sulfone groups is 1. The molecule has 1 aliphatic heterocycles. The molecule has 0 aliphatic carbocycles. The fourth-order valence-electron chi connectivity index (χ4n) is 2.18. The van der Waals surface area contributed by atoms with Crippen molar-refractivity contribution in [2.45, 2.75) is 32.4 Å². The van der Waals surface area contributed by atoms with Crippen molar-refractivity contribution in [1.82, 2.24) is 10.6 Å². The third-order valence-corrected chi connectivity index (χ3v) is 6.29. The van der Waals surface area contributed by atoms with E-state index in [4.69, 9.17) is 0 Å². The van der Waals surface area contributed by atoms with E-state index in [9.17, 15) is 8.42 Å². The zero-order valence-corrected chi connectivity index (χ0v) is 16.2. The quantitative estimate of drug-likeness (QED) is 0.423. The van der Waals surface area contributed by atoms with Gasteiger partial charge < -0.3 is 10.6 Å². The molecule has 120 valence electrons. The lowest BCUT2D eigenvalue weighted by Gasteiger charge is -2.15. The molecule has 0 spiro atoms. The van der Waals surface area contributed by atoms with Gasteiger partial charge in [0.15, 0.2) is 15.8 Å². The third kappa shape index (κ3) is 5.74. The van der Waals surface area contributed by atoms with E-state index in [0.29, 0.717) is 18.9 Å². The molecule has 8 heteroatoms. The number of nitrogens with zero attached hydrogens (tertiary/aromatic N) is 1. The Bertz CT molecular complexity index is 584. The Morgan fingerprint density at radius 3 is 2.67 bits per heavy atom. The van der Waals surface area contributed by atoms with E-state index in [1.54, 1.807) is 18.4 Å². The molecule has 1 fully saturated rings. The van der Waals surface area contributed by atoms with Crippen LogP contribution < -0.4 is 10.6 Å². The lowest BCUT2D eigenvalue weighted by molar-refractivity contribution is 0.599. The van der Waals surface area contributed by atoms with Crippen molar-refractivity contribution in [3.05, 3.63) is 21.9 Å². The van der Waals surface area contributed by atoms with Crippen molar-refractivity contribution >= 4 is 51.1 Å². The molecule has 1 aromatic rings. The van der Waals surface area contributed by atoms with E-state index in [-0.39, 0.29) is 41.5 Å². The summed E-state index contributed by atoms with van der Waals surface area (Å²) < 4.78 is 22.9. The molecule has 5 nitrogen and oxygen atoms in total. The fourth-order valence-corrected chi connectivity index (χ4v) is 4.75. The van der Waals surface area contributed by atoms with Gasteiger partial charge in [0, 0.05) is 22.8 Å². The molecule has 1 atom stereocenters. The Morgan fingerprint density at radius 2 is 2.14 bits per heavy atom. The molecule has 2 rings (SSSR count). The molecule has 21 heavy (non-hydrogen) atoms. The number of thiophene rings is 1. The highest BCUT2D eigenvalue weighted by Gasteiger charge is 2.28. The van der Waals surface area contributed by atoms with E-state index in [1.807, 2.05) is 0 Å². The van der Waals surface area contributed by atoms with Crippen molar-refractivity contribution in [3.8, 4) is 0 Å². The molecule has 2 N–H and O–H groups in total. The van der Waals surface area contributed by atoms with Crippen LogP contribution in [0.15, 0.2) is 17.1 Å². The number of guanidine groups is 1. The van der Waals surface area contributed by atoms with Crippen molar-refractivity contribution in [2.24, 2.45) is 4.99 Å². The first-order chi connectivity index (χ1) is 9.52. The Kier molecular flexibility index (Phi) is 7.41. The molecule has 0 bridgehead atoms. The summed E-state index contributed by atoms with van der Waals surface area (Å²) in [5, 5.41) is 6.41. The summed E-state index contributed by atoms with van der Waals surface area (Å²) in [7, 11) is -1.16. The lowest BCUT2D eigenvalue weighted by atomic mass is 10.3. The topological polar surface area (TPSA) is 70.6 Å². The van der Waals surface area contributed by atoms with Gasteiger partial charge in [-0.25, -0.2) is 8.42 Å². The maximum Gasteiger partial charge on any atom is 0.191 e. The summed E-state index contributed by atoms with van der Waals surface area (Å²) in [6.07, 6.45) is 1.71. The summed E-state index contributed by atoms with van der Waals surface area (Å²) in [6.45, 7) is 2.86. The number of aryl methyl sites for hydroxylation is 1. The van der Waals surface area contributed by atoms with Gasteiger partial charge in [0.25, 0.3) is 0 Å². The van der Waals surface area contributed by atoms with Crippen LogP contribution in [0.2, 0.25) is 0 Å². The highest BCUT2D eigenvalue weighted by molar-refractivity contribution is 14.0. The Morgan fingerprint density at radius 1 is 1.43 bits per heavy atom. The van der Waals surface area contributed by atoms with Gasteiger partial charge in [0.05, 0.1) is 18.1 Å². The SMILES string of the molecule is CCc1ccc(CNC(=NC)NC2CCS(=O)(=O)C2)s1.I. The van der Waals surface area contributed by atoms with Crippen LogP contribution in [0, 0.1) is 0 Å². The fraction of sp³-hybridized carbons (Fsp3) is 0.615.